The molecule has 9 saturated heterocycles. The van der Waals surface area contributed by atoms with Gasteiger partial charge in [0.1, 0.15) is 220 Å². The predicted octanol–water partition coefficient (Wildman–Crippen LogP) is -20.3. The lowest BCUT2D eigenvalue weighted by Crippen LogP contribution is -2.70. The van der Waals surface area contributed by atoms with E-state index in [4.69, 9.17) is 80.5 Å². The highest BCUT2D eigenvalue weighted by Crippen LogP contribution is 2.40. The van der Waals surface area contributed by atoms with E-state index in [9.17, 15) is 147 Å². The van der Waals surface area contributed by atoms with Gasteiger partial charge in [-0.05, 0) is 0 Å². The van der Waals surface area contributed by atoms with Crippen LogP contribution < -0.4 is 10.6 Å². The molecule has 29 N–H and O–H groups in total. The minimum absolute atomic E-state index is 0.772. The summed E-state index contributed by atoms with van der Waals surface area (Å²) in [6.07, 6.45) is -90.9. The maximum absolute atomic E-state index is 12.8. The van der Waals surface area contributed by atoms with Gasteiger partial charge in [0.05, 0.1) is 59.5 Å². The standard InChI is InChI=1S/C58H98N2O46/c1-12(69)59-23-32(78)43(20(9-67)91-50(23)89)100-51-24(60-13(2)70)33(79)44(21(10-68)98-51)101-56-42(88)47(31(77)22(99-56)11-90-52-38(84)34(80)25(71)14(3-61)92-52)104-57-49(37(83)28(74)16(5-63)96-57)106-58-48(36(82)27(73)17(6-64)97-58)105-55-41(87)46(30(76)19(8-66)95-55)103-54-40(86)45(29(75)18(7-65)94-54)102-53-39(85)35(81)26(72)15(4-62)93-53/h14-58,61-68,71-89H,3-11H2,1-2H3,(H,59,69)(H,60,70)/t14-,15-,16-,17-,18-,19-,20-,21-,22-,23-,24-,25-,26-,27-,28-,29-,30-,31-,32-,33-,34+,35+,36+,37+,38+,39-,40-,41+,42+,43-,44-,45+,46+,47+,48+,49+,50?,51+,52+,53-,54-,55-,56+,57-,58-/m1/s1. The summed E-state index contributed by atoms with van der Waals surface area (Å²) in [4.78, 5) is 24.9. The summed E-state index contributed by atoms with van der Waals surface area (Å²) in [5.74, 6) is -1.69. The monoisotopic (exact) mass is 1560 g/mol. The molecular formula is C58H98N2O46. The normalized spacial score (nSPS) is 51.2. The van der Waals surface area contributed by atoms with Crippen molar-refractivity contribution in [3.05, 3.63) is 0 Å². The van der Waals surface area contributed by atoms with Gasteiger partial charge < -0.3 is 229 Å². The van der Waals surface area contributed by atoms with E-state index in [1.54, 1.807) is 0 Å². The topological polar surface area (TPSA) is 761 Å². The van der Waals surface area contributed by atoms with Crippen molar-refractivity contribution in [1.82, 2.24) is 10.6 Å². The number of aliphatic hydroxyl groups is 27. The second-order valence-corrected chi connectivity index (χ2v) is 26.7. The maximum atomic E-state index is 12.8. The van der Waals surface area contributed by atoms with Crippen LogP contribution in [-0.2, 0) is 90.1 Å². The van der Waals surface area contributed by atoms with Crippen LogP contribution >= 0.6 is 0 Å². The van der Waals surface area contributed by atoms with E-state index in [0.29, 0.717) is 0 Å². The van der Waals surface area contributed by atoms with Crippen LogP contribution in [0.4, 0.5) is 0 Å². The van der Waals surface area contributed by atoms with Crippen molar-refractivity contribution in [2.24, 2.45) is 0 Å². The number of carbonyl (C=O) groups excluding carboxylic acids is 2. The fourth-order valence-electron chi connectivity index (χ4n) is 13.6. The van der Waals surface area contributed by atoms with Crippen molar-refractivity contribution in [2.75, 3.05) is 59.5 Å². The second kappa shape index (κ2) is 37.9. The summed E-state index contributed by atoms with van der Waals surface area (Å²) in [6, 6.07) is -3.50. The van der Waals surface area contributed by atoms with Crippen LogP contribution in [0.15, 0.2) is 0 Å². The van der Waals surface area contributed by atoms with E-state index in [0.717, 1.165) is 13.8 Å². The third-order valence-electron chi connectivity index (χ3n) is 19.6. The minimum Gasteiger partial charge on any atom is -0.394 e. The predicted molar refractivity (Wildman–Crippen MR) is 320 cm³/mol. The van der Waals surface area contributed by atoms with Crippen LogP contribution in [0.3, 0.4) is 0 Å². The van der Waals surface area contributed by atoms with E-state index in [1.165, 1.54) is 0 Å². The Balaban J connectivity index is 0.999. The van der Waals surface area contributed by atoms with E-state index in [1.807, 2.05) is 0 Å². The van der Waals surface area contributed by atoms with Gasteiger partial charge in [-0.2, -0.15) is 0 Å². The summed E-state index contributed by atoms with van der Waals surface area (Å²) < 4.78 is 98.5. The SMILES string of the molecule is CC(=O)N[C@H]1[C@H](O[C@H]2[C@H](O)[C@@H](NC(C)=O)C(O)O[C@@H]2CO)O[C@H](CO)[C@@H](O[C@@H]2O[C@H](CO[C@H]3O[C@H](CO)[C@@H](O)[C@H](O)[C@@H]3O)[C@@H](O)[C@H](O[C@H]3O[C@H](CO)[C@@H](O)[C@H](O)[C@@H]3O[C@H]3O[C@H](CO)[C@@H](O)[C@H](O)[C@@H]3O[C@H]3O[C@H](CO)[C@@H](O)[C@H](O[C@H]4O[C@H](CO)[C@@H](O)[C@H](O[C@H]5O[C@H](CO)[C@@H](O)[C@H](O)[C@H]5O)[C@H]4O)[C@@H]3O)[C@@H]2O)[C@@H]1O. The smallest absolute Gasteiger partial charge is 0.217 e. The Morgan fingerprint density at radius 3 is 0.915 bits per heavy atom. The van der Waals surface area contributed by atoms with Gasteiger partial charge in [0.2, 0.25) is 11.8 Å². The number of ether oxygens (including phenoxy) is 17. The number of nitrogens with one attached hydrogen (secondary N) is 2. The molecule has 0 aliphatic carbocycles. The van der Waals surface area contributed by atoms with Crippen molar-refractivity contribution in [3.63, 3.8) is 0 Å². The zero-order chi connectivity index (χ0) is 77.9. The summed E-state index contributed by atoms with van der Waals surface area (Å²) in [7, 11) is 0. The number of amides is 2. The molecule has 0 spiro atoms. The van der Waals surface area contributed by atoms with Crippen LogP contribution in [0, 0.1) is 0 Å². The van der Waals surface area contributed by atoms with Crippen molar-refractivity contribution in [1.29, 1.82) is 0 Å². The number of hydrogen-bond donors (Lipinski definition) is 29. The van der Waals surface area contributed by atoms with E-state index in [2.05, 4.69) is 10.6 Å². The highest BCUT2D eigenvalue weighted by Gasteiger charge is 2.61. The molecular weight excluding hydrogens is 1460 g/mol. The van der Waals surface area contributed by atoms with Gasteiger partial charge in [-0.15, -0.1) is 0 Å². The molecule has 0 aromatic rings. The zero-order valence-corrected chi connectivity index (χ0v) is 56.2. The highest BCUT2D eigenvalue weighted by atomic mass is 16.8. The van der Waals surface area contributed by atoms with Gasteiger partial charge >= 0.3 is 0 Å². The van der Waals surface area contributed by atoms with Crippen LogP contribution in [0.2, 0.25) is 0 Å². The lowest BCUT2D eigenvalue weighted by Gasteiger charge is -2.51. The quantitative estimate of drug-likeness (QED) is 0.0363. The first-order valence-electron chi connectivity index (χ1n) is 33.7. The third kappa shape index (κ3) is 18.5. The largest absolute Gasteiger partial charge is 0.394 e. The molecule has 45 atom stereocenters. The number of hydrogen-bond acceptors (Lipinski definition) is 46. The molecule has 2 amide bonds. The zero-order valence-electron chi connectivity index (χ0n) is 56.2. The highest BCUT2D eigenvalue weighted by molar-refractivity contribution is 5.73. The molecule has 0 aromatic heterocycles. The first-order valence-corrected chi connectivity index (χ1v) is 33.7. The first kappa shape index (κ1) is 87.2. The maximum Gasteiger partial charge on any atom is 0.217 e. The van der Waals surface area contributed by atoms with Gasteiger partial charge in [-0.3, -0.25) is 9.59 Å². The van der Waals surface area contributed by atoms with Crippen LogP contribution in [0.5, 0.6) is 0 Å². The molecule has 0 aromatic carbocycles. The molecule has 0 bridgehead atoms. The number of carbonyl (C=O) groups is 2. The molecule has 9 aliphatic rings. The molecule has 0 saturated carbocycles. The fourth-order valence-corrected chi connectivity index (χ4v) is 13.6. The van der Waals surface area contributed by atoms with Crippen molar-refractivity contribution >= 4 is 11.8 Å². The molecule has 9 heterocycles. The number of aliphatic hydroxyl groups excluding tert-OH is 27. The summed E-state index contributed by atoms with van der Waals surface area (Å²) in [5, 5.41) is 302. The van der Waals surface area contributed by atoms with Gasteiger partial charge in [-0.1, -0.05) is 0 Å². The summed E-state index contributed by atoms with van der Waals surface area (Å²) >= 11 is 0. The van der Waals surface area contributed by atoms with Crippen molar-refractivity contribution in [2.45, 2.75) is 290 Å². The first-order chi connectivity index (χ1) is 50.2. The van der Waals surface area contributed by atoms with E-state index < -0.39 is 348 Å². The summed E-state index contributed by atoms with van der Waals surface area (Å²) in [5.41, 5.74) is 0. The lowest BCUT2D eigenvalue weighted by atomic mass is 9.94. The fraction of sp³-hybridized carbons (Fsp3) is 0.966. The molecule has 9 fully saturated rings. The molecule has 9 aliphatic heterocycles. The molecule has 9 rings (SSSR count). The van der Waals surface area contributed by atoms with Crippen LogP contribution in [-0.4, -0.2) is 485 Å². The lowest BCUT2D eigenvalue weighted by molar-refractivity contribution is -0.412. The Hall–Kier alpha value is -2.82. The second-order valence-electron chi connectivity index (χ2n) is 26.7. The van der Waals surface area contributed by atoms with Gasteiger partial charge in [0.25, 0.3) is 0 Å². The van der Waals surface area contributed by atoms with Crippen molar-refractivity contribution in [3.8, 4) is 0 Å². The Bertz CT molecular complexity index is 2710. The Kier molecular flexibility index (Phi) is 31.1. The summed E-state index contributed by atoms with van der Waals surface area (Å²) in [6.45, 7) is -7.75. The molecule has 48 heteroatoms. The average Bonchev–Trinajstić information content (AvgIpc) is 0.767. The van der Waals surface area contributed by atoms with Crippen LogP contribution in [0.25, 0.3) is 0 Å². The van der Waals surface area contributed by atoms with Gasteiger partial charge in [0.15, 0.2) is 56.6 Å². The molecule has 616 valence electrons. The Morgan fingerprint density at radius 1 is 0.245 bits per heavy atom. The molecule has 0 radical (unpaired) electrons. The molecule has 1 unspecified atom stereocenters. The average molecular weight is 1560 g/mol. The number of rotatable bonds is 27. The molecule has 106 heavy (non-hydrogen) atoms. The van der Waals surface area contributed by atoms with Gasteiger partial charge in [-0.25, -0.2) is 0 Å². The third-order valence-corrected chi connectivity index (χ3v) is 19.6. The van der Waals surface area contributed by atoms with Crippen LogP contribution in [0.1, 0.15) is 13.8 Å². The van der Waals surface area contributed by atoms with Crippen molar-refractivity contribution < 1.29 is 228 Å². The Morgan fingerprint density at radius 2 is 0.509 bits per heavy atom. The van der Waals surface area contributed by atoms with E-state index >= 15 is 0 Å². The molecule has 48 nitrogen and oxygen atoms in total. The Labute approximate surface area is 598 Å². The van der Waals surface area contributed by atoms with Gasteiger partial charge in [0, 0.05) is 13.8 Å². The minimum atomic E-state index is -2.52. The van der Waals surface area contributed by atoms with E-state index in [-0.39, 0.29) is 0 Å².